The molecular formula is C19H43NO5S. The van der Waals surface area contributed by atoms with Gasteiger partial charge < -0.3 is 20.1 Å². The van der Waals surface area contributed by atoms with Crippen LogP contribution in [0.3, 0.4) is 0 Å². The predicted molar refractivity (Wildman–Crippen MR) is 113 cm³/mol. The molecule has 0 aromatic rings. The summed E-state index contributed by atoms with van der Waals surface area (Å²) in [6.45, 7) is 15.7. The smallest absolute Gasteiger partial charge is 0.405 e. The number of hydrogen-bond donors (Lipinski definition) is 3. The summed E-state index contributed by atoms with van der Waals surface area (Å²) >= 11 is 0. The minimum absolute atomic E-state index is 0.0764. The Morgan fingerprint density at radius 1 is 1.12 bits per heavy atom. The topological polar surface area (TPSA) is 110 Å². The molecule has 0 radical (unpaired) electrons. The van der Waals surface area contributed by atoms with Crippen molar-refractivity contribution >= 4 is 22.4 Å². The highest BCUT2D eigenvalue weighted by molar-refractivity contribution is 8.29. The molecule has 0 aromatic carbocycles. The third-order valence-electron chi connectivity index (χ3n) is 3.69. The Balaban J connectivity index is -0.000000308. The summed E-state index contributed by atoms with van der Waals surface area (Å²) < 4.78 is 14.1. The molecule has 6 nitrogen and oxygen atoms in total. The number of carbonyl (C=O) groups is 2. The normalized spacial score (nSPS) is 13.3. The molecule has 160 valence electrons. The predicted octanol–water partition coefficient (Wildman–Crippen LogP) is 5.49. The first kappa shape index (κ1) is 29.8. The van der Waals surface area contributed by atoms with Crippen LogP contribution >= 0.6 is 10.3 Å². The Kier molecular flexibility index (Phi) is 15.2. The molecule has 0 aliphatic carbocycles. The van der Waals surface area contributed by atoms with Crippen LogP contribution < -0.4 is 5.73 Å². The average molecular weight is 398 g/mol. The molecule has 1 unspecified atom stereocenters. The Hall–Kier alpha value is -0.950. The number of amides is 1. The van der Waals surface area contributed by atoms with Crippen LogP contribution in [-0.2, 0) is 9.53 Å². The Morgan fingerprint density at radius 2 is 1.50 bits per heavy atom. The first-order chi connectivity index (χ1) is 11.3. The van der Waals surface area contributed by atoms with E-state index in [0.717, 1.165) is 19.3 Å². The fraction of sp³-hybridized carbons (Fsp3) is 0.895. The maximum absolute atomic E-state index is 10.1. The van der Waals surface area contributed by atoms with Gasteiger partial charge in [0.15, 0.2) is 0 Å². The third-order valence-corrected chi connectivity index (χ3v) is 6.69. The molecule has 0 aliphatic rings. The van der Waals surface area contributed by atoms with Gasteiger partial charge in [0.2, 0.25) is 0 Å². The minimum atomic E-state index is -1.34. The summed E-state index contributed by atoms with van der Waals surface area (Å²) in [5, 5.41) is 8.30. The standard InChI is InChI=1S/C8H16O2.C6H16OS.C5H11NO2/c1-3-7(2)5-4-6-8(9)10;1-6(2,3)8(4,5)7;1-5(2,3)8-4(6)7/h7H,3-6H2,1-2H3,(H,9,10);7H,1-5H3;1-3H3,(H2,6,7). The van der Waals surface area contributed by atoms with Gasteiger partial charge in [-0.15, -0.1) is 10.3 Å². The van der Waals surface area contributed by atoms with Gasteiger partial charge in [-0.3, -0.25) is 4.79 Å². The van der Waals surface area contributed by atoms with Crippen LogP contribution in [-0.4, -0.2) is 44.6 Å². The van der Waals surface area contributed by atoms with Gasteiger partial charge in [0.1, 0.15) is 5.60 Å². The average Bonchev–Trinajstić information content (AvgIpc) is 2.34. The van der Waals surface area contributed by atoms with E-state index in [1.165, 1.54) is 0 Å². The van der Waals surface area contributed by atoms with Gasteiger partial charge in [-0.1, -0.05) is 47.5 Å². The monoisotopic (exact) mass is 397 g/mol. The molecule has 0 rings (SSSR count). The van der Waals surface area contributed by atoms with Gasteiger partial charge in [0, 0.05) is 11.2 Å². The molecule has 0 spiro atoms. The second-order valence-corrected chi connectivity index (χ2v) is 12.5. The highest BCUT2D eigenvalue weighted by atomic mass is 32.3. The molecule has 1 atom stereocenters. The molecule has 0 heterocycles. The van der Waals surface area contributed by atoms with Gasteiger partial charge >= 0.3 is 12.1 Å². The van der Waals surface area contributed by atoms with Crippen molar-refractivity contribution in [2.45, 2.75) is 91.4 Å². The molecule has 0 aliphatic heterocycles. The number of hydrogen-bond acceptors (Lipinski definition) is 4. The highest BCUT2D eigenvalue weighted by Gasteiger charge is 2.24. The minimum Gasteiger partial charge on any atom is -0.481 e. The van der Waals surface area contributed by atoms with E-state index in [1.54, 1.807) is 20.8 Å². The van der Waals surface area contributed by atoms with Crippen LogP contribution in [0.2, 0.25) is 0 Å². The lowest BCUT2D eigenvalue weighted by Gasteiger charge is -2.38. The fourth-order valence-corrected chi connectivity index (χ4v) is 1.11. The molecule has 0 aromatic heterocycles. The zero-order valence-electron chi connectivity index (χ0n) is 18.5. The summed E-state index contributed by atoms with van der Waals surface area (Å²) in [4.78, 5) is 20.1. The fourth-order valence-electron chi connectivity index (χ4n) is 1.11. The lowest BCUT2D eigenvalue weighted by atomic mass is 10.0. The van der Waals surface area contributed by atoms with E-state index in [2.05, 4.69) is 39.4 Å². The van der Waals surface area contributed by atoms with Crippen molar-refractivity contribution in [1.82, 2.24) is 0 Å². The molecule has 7 heteroatoms. The Morgan fingerprint density at radius 3 is 1.65 bits per heavy atom. The maximum Gasteiger partial charge on any atom is 0.405 e. The van der Waals surface area contributed by atoms with Gasteiger partial charge in [-0.05, 0) is 45.6 Å². The molecule has 1 amide bonds. The van der Waals surface area contributed by atoms with Crippen LogP contribution in [0.1, 0.15) is 81.1 Å². The van der Waals surface area contributed by atoms with Crippen molar-refractivity contribution in [1.29, 1.82) is 0 Å². The summed E-state index contributed by atoms with van der Waals surface area (Å²) in [7, 11) is -1.34. The van der Waals surface area contributed by atoms with Crippen LogP contribution in [0.15, 0.2) is 0 Å². The molecule has 0 bridgehead atoms. The van der Waals surface area contributed by atoms with Gasteiger partial charge in [0.25, 0.3) is 0 Å². The maximum atomic E-state index is 10.1. The number of carboxylic acid groups (broad SMARTS) is 1. The Labute approximate surface area is 162 Å². The number of nitrogens with two attached hydrogens (primary N) is 1. The second-order valence-electron chi connectivity index (χ2n) is 8.72. The van der Waals surface area contributed by atoms with Crippen molar-refractivity contribution in [3.63, 3.8) is 0 Å². The number of rotatable bonds is 5. The molecule has 4 N–H and O–H groups in total. The van der Waals surface area contributed by atoms with E-state index in [9.17, 15) is 14.1 Å². The zero-order valence-corrected chi connectivity index (χ0v) is 19.3. The number of primary amides is 1. The first-order valence-corrected chi connectivity index (χ1v) is 11.4. The molecule has 26 heavy (non-hydrogen) atoms. The summed E-state index contributed by atoms with van der Waals surface area (Å²) in [6, 6.07) is 0. The van der Waals surface area contributed by atoms with Gasteiger partial charge in [-0.2, -0.15) is 0 Å². The van der Waals surface area contributed by atoms with Crippen molar-refractivity contribution < 1.29 is 24.0 Å². The van der Waals surface area contributed by atoms with Crippen LogP contribution in [0.25, 0.3) is 0 Å². The van der Waals surface area contributed by atoms with E-state index >= 15 is 0 Å². The molecular weight excluding hydrogens is 354 g/mol. The first-order valence-electron chi connectivity index (χ1n) is 8.99. The largest absolute Gasteiger partial charge is 0.481 e. The summed E-state index contributed by atoms with van der Waals surface area (Å²) in [5.74, 6) is 0.00246. The van der Waals surface area contributed by atoms with Crippen molar-refractivity contribution in [3.05, 3.63) is 0 Å². The second kappa shape index (κ2) is 13.3. The van der Waals surface area contributed by atoms with E-state index < -0.39 is 28.0 Å². The molecule has 0 saturated heterocycles. The number of ether oxygens (including phenoxy) is 1. The quantitative estimate of drug-likeness (QED) is 0.568. The van der Waals surface area contributed by atoms with Gasteiger partial charge in [-0.25, -0.2) is 4.79 Å². The SMILES string of the molecule is CC(C)(C)OC(N)=O.CC(C)(C)S(C)(C)O.CCC(C)CCCC(=O)O. The van der Waals surface area contributed by atoms with E-state index in [0.29, 0.717) is 12.3 Å². The van der Waals surface area contributed by atoms with E-state index in [4.69, 9.17) is 10.8 Å². The van der Waals surface area contributed by atoms with Crippen molar-refractivity contribution in [2.75, 3.05) is 12.5 Å². The Bertz CT molecular complexity index is 380. The lowest BCUT2D eigenvalue weighted by Crippen LogP contribution is -2.27. The van der Waals surface area contributed by atoms with Crippen LogP contribution in [0, 0.1) is 5.92 Å². The number of aliphatic carboxylic acids is 1. The molecule has 0 fully saturated rings. The van der Waals surface area contributed by atoms with E-state index in [1.807, 2.05) is 12.5 Å². The van der Waals surface area contributed by atoms with Crippen molar-refractivity contribution in [2.24, 2.45) is 11.7 Å². The highest BCUT2D eigenvalue weighted by Crippen LogP contribution is 2.48. The van der Waals surface area contributed by atoms with Crippen molar-refractivity contribution in [3.8, 4) is 0 Å². The van der Waals surface area contributed by atoms with Crippen LogP contribution in [0.5, 0.6) is 0 Å². The lowest BCUT2D eigenvalue weighted by molar-refractivity contribution is -0.137. The third kappa shape index (κ3) is 25.3. The molecule has 0 saturated carbocycles. The van der Waals surface area contributed by atoms with Crippen LogP contribution in [0.4, 0.5) is 4.79 Å². The number of carbonyl (C=O) groups excluding carboxylic acids is 1. The van der Waals surface area contributed by atoms with E-state index in [-0.39, 0.29) is 4.75 Å². The zero-order chi connectivity index (χ0) is 21.8. The summed E-state index contributed by atoms with van der Waals surface area (Å²) in [6.07, 6.45) is 6.44. The summed E-state index contributed by atoms with van der Waals surface area (Å²) in [5.41, 5.74) is 4.26. The van der Waals surface area contributed by atoms with Gasteiger partial charge in [0.05, 0.1) is 0 Å². The number of carboxylic acids is 1.